The highest BCUT2D eigenvalue weighted by Crippen LogP contribution is 2.40. The molecule has 0 fully saturated rings. The Balaban J connectivity index is 1.35. The van der Waals surface area contributed by atoms with Gasteiger partial charge in [0, 0.05) is 5.56 Å². The summed E-state index contributed by atoms with van der Waals surface area (Å²) in [6, 6.07) is 31.4. The van der Waals surface area contributed by atoms with Crippen LogP contribution in [0.2, 0.25) is 5.02 Å². The Hall–Kier alpha value is -5.84. The molecule has 5 aromatic carbocycles. The van der Waals surface area contributed by atoms with Crippen LogP contribution in [-0.4, -0.2) is 38.5 Å². The van der Waals surface area contributed by atoms with Crippen LogP contribution in [0.1, 0.15) is 35.2 Å². The van der Waals surface area contributed by atoms with Gasteiger partial charge in [0.1, 0.15) is 6.61 Å². The van der Waals surface area contributed by atoms with Crippen molar-refractivity contribution in [2.45, 2.75) is 19.6 Å². The molecule has 2 heterocycles. The van der Waals surface area contributed by atoms with Crippen molar-refractivity contribution < 1.29 is 28.5 Å². The summed E-state index contributed by atoms with van der Waals surface area (Å²) in [5, 5.41) is 2.52. The zero-order valence-corrected chi connectivity index (χ0v) is 31.0. The fourth-order valence-electron chi connectivity index (χ4n) is 6.46. The molecule has 0 amide bonds. The average molecular weight is 747 g/mol. The quantitative estimate of drug-likeness (QED) is 0.128. The number of esters is 1. The zero-order chi connectivity index (χ0) is 37.1. The fraction of sp³-hybridized carbons (Fsp3) is 0.167. The smallest absolute Gasteiger partial charge is 0.338 e. The third-order valence-corrected chi connectivity index (χ3v) is 10.2. The minimum absolute atomic E-state index is 0.137. The van der Waals surface area contributed by atoms with Gasteiger partial charge >= 0.3 is 5.97 Å². The van der Waals surface area contributed by atoms with E-state index in [1.165, 1.54) is 23.0 Å². The van der Waals surface area contributed by atoms with Crippen LogP contribution >= 0.6 is 22.9 Å². The van der Waals surface area contributed by atoms with E-state index in [4.69, 9.17) is 40.3 Å². The average Bonchev–Trinajstić information content (AvgIpc) is 3.50. The fourth-order valence-corrected chi connectivity index (χ4v) is 7.74. The van der Waals surface area contributed by atoms with Gasteiger partial charge in [0.15, 0.2) is 27.8 Å². The maximum absolute atomic E-state index is 14.5. The lowest BCUT2D eigenvalue weighted by atomic mass is 9.93. The summed E-state index contributed by atoms with van der Waals surface area (Å²) < 4.78 is 30.6. The van der Waals surface area contributed by atoms with Crippen molar-refractivity contribution in [1.29, 1.82) is 0 Å². The molecule has 0 radical (unpaired) electrons. The van der Waals surface area contributed by atoms with Crippen LogP contribution in [0.25, 0.3) is 22.5 Å². The summed E-state index contributed by atoms with van der Waals surface area (Å²) in [5.74, 6) is 1.17. The molecule has 0 saturated carbocycles. The van der Waals surface area contributed by atoms with Gasteiger partial charge in [0.2, 0.25) is 0 Å². The molecule has 7 rings (SSSR count). The Morgan fingerprint density at radius 3 is 2.36 bits per heavy atom. The van der Waals surface area contributed by atoms with E-state index in [1.54, 1.807) is 57.6 Å². The lowest BCUT2D eigenvalue weighted by Crippen LogP contribution is -2.40. The Labute approximate surface area is 314 Å². The molecule has 0 bridgehead atoms. The molecular weight excluding hydrogens is 712 g/mol. The highest BCUT2D eigenvalue weighted by molar-refractivity contribution is 7.07. The number of aromatic nitrogens is 1. The molecule has 0 aliphatic carbocycles. The van der Waals surface area contributed by atoms with Crippen LogP contribution in [0, 0.1) is 0 Å². The van der Waals surface area contributed by atoms with E-state index in [1.807, 2.05) is 54.6 Å². The number of nitrogens with zero attached hydrogens (tertiary/aromatic N) is 2. The van der Waals surface area contributed by atoms with E-state index in [-0.39, 0.29) is 24.3 Å². The first-order valence-corrected chi connectivity index (χ1v) is 18.0. The molecule has 9 nitrogen and oxygen atoms in total. The minimum atomic E-state index is -0.898. The minimum Gasteiger partial charge on any atom is -0.493 e. The molecule has 0 N–H and O–H groups in total. The summed E-state index contributed by atoms with van der Waals surface area (Å²) in [7, 11) is 4.62. The van der Waals surface area contributed by atoms with Gasteiger partial charge in [-0.2, -0.15) is 0 Å². The van der Waals surface area contributed by atoms with Crippen LogP contribution in [-0.2, 0) is 16.1 Å². The van der Waals surface area contributed by atoms with Crippen molar-refractivity contribution in [3.8, 4) is 23.0 Å². The maximum Gasteiger partial charge on any atom is 0.338 e. The van der Waals surface area contributed by atoms with Gasteiger partial charge in [0.05, 0.1) is 54.8 Å². The molecule has 53 heavy (non-hydrogen) atoms. The van der Waals surface area contributed by atoms with E-state index in [2.05, 4.69) is 18.2 Å². The number of hydrogen-bond donors (Lipinski definition) is 0. The summed E-state index contributed by atoms with van der Waals surface area (Å²) in [6.45, 7) is 2.15. The van der Waals surface area contributed by atoms with Gasteiger partial charge in [-0.1, -0.05) is 102 Å². The topological polar surface area (TPSA) is 97.6 Å². The predicted molar refractivity (Wildman–Crippen MR) is 207 cm³/mol. The summed E-state index contributed by atoms with van der Waals surface area (Å²) in [4.78, 5) is 33.7. The lowest BCUT2D eigenvalue weighted by Gasteiger charge is -2.26. The first-order chi connectivity index (χ1) is 25.8. The summed E-state index contributed by atoms with van der Waals surface area (Å²) >= 11 is 8.03. The molecule has 0 saturated heterocycles. The van der Waals surface area contributed by atoms with Gasteiger partial charge in [-0.3, -0.25) is 9.36 Å². The number of benzene rings is 5. The largest absolute Gasteiger partial charge is 0.493 e. The van der Waals surface area contributed by atoms with Gasteiger partial charge in [0.25, 0.3) is 5.56 Å². The van der Waals surface area contributed by atoms with Crippen molar-refractivity contribution in [3.05, 3.63) is 156 Å². The number of fused-ring (bicyclic) bond motifs is 2. The number of carbonyl (C=O) groups is 1. The summed E-state index contributed by atoms with van der Waals surface area (Å²) in [5.41, 5.74) is 3.22. The van der Waals surface area contributed by atoms with Crippen LogP contribution in [0.5, 0.6) is 23.0 Å². The number of methoxy groups -OCH3 is 3. The summed E-state index contributed by atoms with van der Waals surface area (Å²) in [6.07, 6.45) is 1.73. The van der Waals surface area contributed by atoms with Crippen molar-refractivity contribution in [1.82, 2.24) is 4.57 Å². The second-order valence-electron chi connectivity index (χ2n) is 12.0. The van der Waals surface area contributed by atoms with Crippen LogP contribution in [0.4, 0.5) is 0 Å². The molecule has 268 valence electrons. The van der Waals surface area contributed by atoms with Crippen LogP contribution in [0.15, 0.2) is 118 Å². The van der Waals surface area contributed by atoms with Crippen molar-refractivity contribution in [2.24, 2.45) is 4.99 Å². The van der Waals surface area contributed by atoms with Gasteiger partial charge in [-0.15, -0.1) is 0 Å². The third kappa shape index (κ3) is 6.91. The highest BCUT2D eigenvalue weighted by Gasteiger charge is 2.35. The number of halogens is 1. The molecule has 1 atom stereocenters. The second kappa shape index (κ2) is 15.4. The van der Waals surface area contributed by atoms with Crippen molar-refractivity contribution in [2.75, 3.05) is 27.9 Å². The van der Waals surface area contributed by atoms with E-state index < -0.39 is 12.0 Å². The highest BCUT2D eigenvalue weighted by atomic mass is 35.5. The van der Waals surface area contributed by atoms with Gasteiger partial charge < -0.3 is 23.7 Å². The van der Waals surface area contributed by atoms with Gasteiger partial charge in [-0.05, 0) is 64.7 Å². The number of hydrogen-bond acceptors (Lipinski definition) is 9. The van der Waals surface area contributed by atoms with Crippen LogP contribution in [0.3, 0.4) is 0 Å². The molecule has 1 aliphatic rings. The Morgan fingerprint density at radius 1 is 0.868 bits per heavy atom. The zero-order valence-electron chi connectivity index (χ0n) is 29.4. The van der Waals surface area contributed by atoms with Crippen LogP contribution < -0.4 is 33.8 Å². The van der Waals surface area contributed by atoms with Crippen molar-refractivity contribution in [3.63, 3.8) is 0 Å². The van der Waals surface area contributed by atoms with E-state index in [0.717, 1.165) is 16.3 Å². The molecule has 6 aromatic rings. The SMILES string of the molecule is CCOC(=O)C1=C(c2ccccc2)N=c2s/c(=C\c3cc(Cl)c(OCc4cccc5ccccc45)c(OC)c3)c(=O)n2[C@@H]1c1ccc(OC)c(OC)c1. The normalized spacial score (nSPS) is 14.1. The standard InChI is InChI=1S/C42H35ClN2O7S/c1-5-51-41(47)36-37(27-13-7-6-8-14-27)44-42-45(38(36)28-18-19-32(48-2)33(23-28)49-3)40(46)35(53-42)22-25-20-31(43)39(34(21-25)50-4)52-24-29-16-11-15-26-12-9-10-17-30(26)29/h6-23,38H,5,24H2,1-4H3/b35-22-/t38-/m1/s1. The Bertz CT molecular complexity index is 2560. The lowest BCUT2D eigenvalue weighted by molar-refractivity contribution is -0.138. The number of ether oxygens (including phenoxy) is 5. The van der Waals surface area contributed by atoms with E-state index in [0.29, 0.717) is 59.7 Å². The Kier molecular flexibility index (Phi) is 10.3. The van der Waals surface area contributed by atoms with Gasteiger partial charge in [-0.25, -0.2) is 9.79 Å². The third-order valence-electron chi connectivity index (χ3n) is 8.90. The molecule has 11 heteroatoms. The molecule has 1 aliphatic heterocycles. The van der Waals surface area contributed by atoms with E-state index >= 15 is 0 Å². The first kappa shape index (κ1) is 35.6. The second-order valence-corrected chi connectivity index (χ2v) is 13.4. The number of carbonyl (C=O) groups excluding carboxylic acids is 1. The molecule has 0 spiro atoms. The Morgan fingerprint density at radius 2 is 1.60 bits per heavy atom. The maximum atomic E-state index is 14.5. The molecular formula is C42H35ClN2O7S. The number of thiazole rings is 1. The monoisotopic (exact) mass is 746 g/mol. The number of rotatable bonds is 11. The molecule has 1 aromatic heterocycles. The van der Waals surface area contributed by atoms with Crippen molar-refractivity contribution >= 4 is 51.5 Å². The molecule has 0 unspecified atom stereocenters. The predicted octanol–water partition coefficient (Wildman–Crippen LogP) is 7.35. The van der Waals surface area contributed by atoms with E-state index in [9.17, 15) is 9.59 Å². The first-order valence-electron chi connectivity index (χ1n) is 16.8.